The van der Waals surface area contributed by atoms with Gasteiger partial charge in [-0.25, -0.2) is 9.18 Å². The minimum Gasteiger partial charge on any atom is -0.497 e. The van der Waals surface area contributed by atoms with Crippen molar-refractivity contribution < 1.29 is 18.7 Å². The summed E-state index contributed by atoms with van der Waals surface area (Å²) in [7, 11) is 1.55. The Bertz CT molecular complexity index is 1010. The van der Waals surface area contributed by atoms with E-state index in [0.717, 1.165) is 21.2 Å². The molecule has 0 spiro atoms. The molecule has 1 aliphatic heterocycles. The van der Waals surface area contributed by atoms with Gasteiger partial charge in [0.25, 0.3) is 0 Å². The van der Waals surface area contributed by atoms with E-state index in [1.54, 1.807) is 25.3 Å². The van der Waals surface area contributed by atoms with Gasteiger partial charge in [0.05, 0.1) is 12.7 Å². The first-order valence-corrected chi connectivity index (χ1v) is 9.28. The lowest BCUT2D eigenvalue weighted by Crippen LogP contribution is -2.21. The Morgan fingerprint density at radius 3 is 2.56 bits per heavy atom. The van der Waals surface area contributed by atoms with Crippen LogP contribution in [-0.4, -0.2) is 13.1 Å². The fourth-order valence-electron chi connectivity index (χ4n) is 3.28. The molecule has 3 aromatic rings. The number of cyclic esters (lactones) is 1. The summed E-state index contributed by atoms with van der Waals surface area (Å²) in [6.07, 6.45) is 0.247. The summed E-state index contributed by atoms with van der Waals surface area (Å²) in [6.45, 7) is 0. The highest BCUT2D eigenvalue weighted by Crippen LogP contribution is 2.34. The zero-order valence-electron chi connectivity index (χ0n) is 14.5. The van der Waals surface area contributed by atoms with E-state index in [9.17, 15) is 9.18 Å². The molecule has 0 aliphatic carbocycles. The van der Waals surface area contributed by atoms with Gasteiger partial charge in [-0.1, -0.05) is 40.2 Å². The van der Waals surface area contributed by atoms with Gasteiger partial charge in [-0.2, -0.15) is 0 Å². The van der Waals surface area contributed by atoms with Crippen LogP contribution in [0.5, 0.6) is 5.75 Å². The number of halogens is 2. The summed E-state index contributed by atoms with van der Waals surface area (Å²) >= 11 is 3.44. The Labute approximate surface area is 164 Å². The monoisotopic (exact) mass is 426 g/mol. The standard InChI is InChI=1S/C22H16BrFO3/c1-26-17-7-9-20(24)19(12-17)13-2-4-14(5-3-13)21-11-15-10-16(23)6-8-18(15)22(25)27-21/h2-10,12,21H,11H2,1H3/t21-/m0/s1. The molecule has 0 aromatic heterocycles. The van der Waals surface area contributed by atoms with E-state index < -0.39 is 0 Å². The number of hydrogen-bond acceptors (Lipinski definition) is 3. The summed E-state index contributed by atoms with van der Waals surface area (Å²) in [5.74, 6) is -0.0399. The van der Waals surface area contributed by atoms with Crippen molar-refractivity contribution in [3.05, 3.63) is 87.6 Å². The van der Waals surface area contributed by atoms with Crippen molar-refractivity contribution in [3.63, 3.8) is 0 Å². The lowest BCUT2D eigenvalue weighted by Gasteiger charge is -2.25. The maximum Gasteiger partial charge on any atom is 0.339 e. The topological polar surface area (TPSA) is 35.5 Å². The molecule has 136 valence electrons. The molecule has 1 atom stereocenters. The van der Waals surface area contributed by atoms with Gasteiger partial charge < -0.3 is 9.47 Å². The van der Waals surface area contributed by atoms with Gasteiger partial charge in [-0.15, -0.1) is 0 Å². The number of benzene rings is 3. The van der Waals surface area contributed by atoms with Gasteiger partial charge in [0.15, 0.2) is 0 Å². The molecule has 5 heteroatoms. The van der Waals surface area contributed by atoms with E-state index in [-0.39, 0.29) is 17.9 Å². The minimum atomic E-state index is -0.358. The Morgan fingerprint density at radius 1 is 1.04 bits per heavy atom. The zero-order valence-corrected chi connectivity index (χ0v) is 16.1. The molecule has 0 unspecified atom stereocenters. The van der Waals surface area contributed by atoms with E-state index >= 15 is 0 Å². The van der Waals surface area contributed by atoms with Crippen molar-refractivity contribution >= 4 is 21.9 Å². The molecule has 0 saturated heterocycles. The maximum atomic E-state index is 14.2. The quantitative estimate of drug-likeness (QED) is 0.502. The van der Waals surface area contributed by atoms with E-state index in [1.165, 1.54) is 6.07 Å². The molecule has 0 bridgehead atoms. The number of esters is 1. The molecule has 0 N–H and O–H groups in total. The molecule has 3 nitrogen and oxygen atoms in total. The molecular weight excluding hydrogens is 411 g/mol. The highest BCUT2D eigenvalue weighted by atomic mass is 79.9. The number of fused-ring (bicyclic) bond motifs is 1. The number of hydrogen-bond donors (Lipinski definition) is 0. The number of methoxy groups -OCH3 is 1. The summed E-state index contributed by atoms with van der Waals surface area (Å²) in [5, 5.41) is 0. The lowest BCUT2D eigenvalue weighted by molar-refractivity contribution is 0.0253. The number of carbonyl (C=O) groups is 1. The van der Waals surface area contributed by atoms with Crippen LogP contribution >= 0.6 is 15.9 Å². The average molecular weight is 427 g/mol. The van der Waals surface area contributed by atoms with Crippen LogP contribution in [0.2, 0.25) is 0 Å². The van der Waals surface area contributed by atoms with Crippen molar-refractivity contribution in [2.75, 3.05) is 7.11 Å². The molecule has 0 amide bonds. The van der Waals surface area contributed by atoms with Gasteiger partial charge in [-0.05, 0) is 53.1 Å². The van der Waals surface area contributed by atoms with Crippen molar-refractivity contribution in [2.24, 2.45) is 0 Å². The molecule has 27 heavy (non-hydrogen) atoms. The average Bonchev–Trinajstić information content (AvgIpc) is 2.68. The Morgan fingerprint density at radius 2 is 1.81 bits per heavy atom. The SMILES string of the molecule is COc1ccc(F)c(-c2ccc([C@@H]3Cc4cc(Br)ccc4C(=O)O3)cc2)c1. The molecule has 0 fully saturated rings. The molecule has 0 radical (unpaired) electrons. The van der Waals surface area contributed by atoms with Crippen LogP contribution in [0.4, 0.5) is 4.39 Å². The summed E-state index contributed by atoms with van der Waals surface area (Å²) in [4.78, 5) is 12.3. The normalized spacial score (nSPS) is 15.8. The Balaban J connectivity index is 1.63. The second kappa shape index (κ2) is 7.16. The van der Waals surface area contributed by atoms with Crippen LogP contribution in [0, 0.1) is 5.82 Å². The van der Waals surface area contributed by atoms with Crippen molar-refractivity contribution in [2.45, 2.75) is 12.5 Å². The van der Waals surface area contributed by atoms with Crippen LogP contribution < -0.4 is 4.74 Å². The van der Waals surface area contributed by atoms with Crippen molar-refractivity contribution in [1.29, 1.82) is 0 Å². The van der Waals surface area contributed by atoms with Crippen LogP contribution in [0.3, 0.4) is 0 Å². The number of ether oxygens (including phenoxy) is 2. The fraction of sp³-hybridized carbons (Fsp3) is 0.136. The third-order valence-corrected chi connectivity index (χ3v) is 5.20. The second-order valence-electron chi connectivity index (χ2n) is 6.37. The summed E-state index contributed by atoms with van der Waals surface area (Å²) in [6, 6.07) is 17.6. The van der Waals surface area contributed by atoms with E-state index in [0.29, 0.717) is 23.3 Å². The van der Waals surface area contributed by atoms with Crippen LogP contribution in [0.1, 0.15) is 27.6 Å². The lowest BCUT2D eigenvalue weighted by atomic mass is 9.93. The molecular formula is C22H16BrFO3. The summed E-state index contributed by atoms with van der Waals surface area (Å²) < 4.78 is 25.9. The van der Waals surface area contributed by atoms with Gasteiger partial charge in [-0.3, -0.25) is 0 Å². The Kier molecular flexibility index (Phi) is 4.70. The highest BCUT2D eigenvalue weighted by molar-refractivity contribution is 9.10. The first-order valence-electron chi connectivity index (χ1n) is 8.48. The van der Waals surface area contributed by atoms with Crippen LogP contribution in [-0.2, 0) is 11.2 Å². The fourth-order valence-corrected chi connectivity index (χ4v) is 3.69. The first kappa shape index (κ1) is 17.7. The van der Waals surface area contributed by atoms with E-state index in [4.69, 9.17) is 9.47 Å². The van der Waals surface area contributed by atoms with E-state index in [1.807, 2.05) is 36.4 Å². The predicted octanol–water partition coefficient (Wildman–Crippen LogP) is 5.72. The van der Waals surface area contributed by atoms with E-state index in [2.05, 4.69) is 15.9 Å². The van der Waals surface area contributed by atoms with Crippen molar-refractivity contribution in [3.8, 4) is 16.9 Å². The minimum absolute atomic E-state index is 0.313. The molecule has 3 aromatic carbocycles. The van der Waals surface area contributed by atoms with Crippen molar-refractivity contribution in [1.82, 2.24) is 0 Å². The predicted molar refractivity (Wildman–Crippen MR) is 104 cm³/mol. The van der Waals surface area contributed by atoms with Gasteiger partial charge in [0, 0.05) is 16.5 Å². The molecule has 4 rings (SSSR count). The number of carbonyl (C=O) groups excluding carboxylic acids is 1. The molecule has 1 aliphatic rings. The Hall–Kier alpha value is -2.66. The largest absolute Gasteiger partial charge is 0.497 e. The second-order valence-corrected chi connectivity index (χ2v) is 7.28. The van der Waals surface area contributed by atoms with Gasteiger partial charge >= 0.3 is 5.97 Å². The third-order valence-electron chi connectivity index (χ3n) is 4.71. The molecule has 0 saturated carbocycles. The van der Waals surface area contributed by atoms with Crippen LogP contribution in [0.15, 0.2) is 65.1 Å². The van der Waals surface area contributed by atoms with Gasteiger partial charge in [0.1, 0.15) is 17.7 Å². The highest BCUT2D eigenvalue weighted by Gasteiger charge is 2.27. The van der Waals surface area contributed by atoms with Crippen LogP contribution in [0.25, 0.3) is 11.1 Å². The third kappa shape index (κ3) is 3.47. The zero-order chi connectivity index (χ0) is 19.0. The maximum absolute atomic E-state index is 14.2. The van der Waals surface area contributed by atoms with Gasteiger partial charge in [0.2, 0.25) is 0 Å². The smallest absolute Gasteiger partial charge is 0.339 e. The number of rotatable bonds is 3. The first-order chi connectivity index (χ1) is 13.0. The summed E-state index contributed by atoms with van der Waals surface area (Å²) in [5.41, 5.74) is 3.63. The molecule has 1 heterocycles.